The van der Waals surface area contributed by atoms with E-state index in [2.05, 4.69) is 4.74 Å². The Morgan fingerprint density at radius 1 is 1.47 bits per heavy atom. The van der Waals surface area contributed by atoms with Crippen molar-refractivity contribution in [2.75, 3.05) is 12.9 Å². The van der Waals surface area contributed by atoms with Crippen LogP contribution >= 0.6 is 28.7 Å². The average Bonchev–Trinajstić information content (AvgIpc) is 2.35. The number of hydrogen-bond donors (Lipinski definition) is 2. The monoisotopic (exact) mass is 348 g/mol. The number of halogens is 2. The Bertz CT molecular complexity index is 477. The van der Waals surface area contributed by atoms with Crippen LogP contribution in [-0.4, -0.2) is 24.0 Å². The van der Waals surface area contributed by atoms with Crippen LogP contribution in [0.15, 0.2) is 29.8 Å². The van der Waals surface area contributed by atoms with Gasteiger partial charge >= 0.3 is 5.97 Å². The van der Waals surface area contributed by atoms with Gasteiger partial charge in [0.25, 0.3) is 0 Å². The van der Waals surface area contributed by atoms with Crippen LogP contribution in [0.25, 0.3) is 6.08 Å². The lowest BCUT2D eigenvalue weighted by Gasteiger charge is -2.04. The molecule has 0 bridgehead atoms. The Morgan fingerprint density at radius 2 is 2.05 bits per heavy atom. The Balaban J connectivity index is 0.00000324. The Hall–Kier alpha value is -1.34. The second-order valence-corrected chi connectivity index (χ2v) is 4.38. The van der Waals surface area contributed by atoms with Crippen LogP contribution < -0.4 is 5.73 Å². The summed E-state index contributed by atoms with van der Waals surface area (Å²) in [5.41, 5.74) is 6.26. The molecule has 0 aliphatic heterocycles. The molecule has 0 saturated heterocycles. The zero-order valence-corrected chi connectivity index (χ0v) is 12.7. The number of nitrogens with one attached hydrogen (secondary N) is 1. The van der Waals surface area contributed by atoms with Crippen LogP contribution in [0.1, 0.15) is 5.56 Å². The number of benzene rings is 1. The minimum Gasteiger partial charge on any atom is -0.466 e. The molecule has 0 aliphatic rings. The van der Waals surface area contributed by atoms with E-state index in [9.17, 15) is 9.18 Å². The molecule has 0 aromatic heterocycles. The van der Waals surface area contributed by atoms with Gasteiger partial charge in [0, 0.05) is 11.3 Å². The van der Waals surface area contributed by atoms with Crippen LogP contribution in [0.2, 0.25) is 0 Å². The van der Waals surface area contributed by atoms with Gasteiger partial charge in [0.05, 0.1) is 7.11 Å². The molecule has 1 aromatic carbocycles. The molecule has 0 fully saturated rings. The van der Waals surface area contributed by atoms with E-state index in [1.54, 1.807) is 18.2 Å². The van der Waals surface area contributed by atoms with Crippen LogP contribution in [0, 0.1) is 11.2 Å². The second-order valence-electron chi connectivity index (χ2n) is 3.37. The van der Waals surface area contributed by atoms with E-state index in [1.165, 1.54) is 19.2 Å². The summed E-state index contributed by atoms with van der Waals surface area (Å²) in [5, 5.41) is 7.03. The first-order chi connectivity index (χ1) is 8.52. The molecule has 104 valence electrons. The normalized spacial score (nSPS) is 10.5. The predicted molar refractivity (Wildman–Crippen MR) is 81.1 cm³/mol. The van der Waals surface area contributed by atoms with Crippen molar-refractivity contribution in [3.63, 3.8) is 0 Å². The smallest absolute Gasteiger partial charge is 0.334 e. The third-order valence-corrected chi connectivity index (χ3v) is 2.81. The summed E-state index contributed by atoms with van der Waals surface area (Å²) in [6, 6.07) is 5.71. The van der Waals surface area contributed by atoms with Gasteiger partial charge < -0.3 is 10.5 Å². The maximum absolute atomic E-state index is 12.7. The van der Waals surface area contributed by atoms with Gasteiger partial charge in [-0.15, -0.1) is 17.0 Å². The molecule has 4 nitrogen and oxygen atoms in total. The van der Waals surface area contributed by atoms with Gasteiger partial charge in [-0.05, 0) is 23.8 Å². The molecular weight excluding hydrogens is 335 g/mol. The van der Waals surface area contributed by atoms with Crippen LogP contribution in [-0.2, 0) is 9.53 Å². The maximum atomic E-state index is 12.7. The zero-order valence-electron chi connectivity index (χ0n) is 10.2. The summed E-state index contributed by atoms with van der Waals surface area (Å²) in [7, 11) is 1.28. The van der Waals surface area contributed by atoms with E-state index >= 15 is 0 Å². The van der Waals surface area contributed by atoms with Crippen molar-refractivity contribution in [1.29, 1.82) is 5.41 Å². The Kier molecular flexibility index (Phi) is 8.09. The summed E-state index contributed by atoms with van der Waals surface area (Å²) < 4.78 is 17.4. The first-order valence-corrected chi connectivity index (χ1v) is 6.02. The lowest BCUT2D eigenvalue weighted by atomic mass is 10.1. The van der Waals surface area contributed by atoms with Crippen molar-refractivity contribution >= 4 is 46.0 Å². The van der Waals surface area contributed by atoms with Gasteiger partial charge in [-0.25, -0.2) is 9.18 Å². The van der Waals surface area contributed by atoms with Gasteiger partial charge in [0.15, 0.2) is 5.17 Å². The van der Waals surface area contributed by atoms with Crippen LogP contribution in [0.4, 0.5) is 4.39 Å². The van der Waals surface area contributed by atoms with E-state index in [0.717, 1.165) is 11.8 Å². The minimum atomic E-state index is -0.493. The van der Waals surface area contributed by atoms with E-state index in [1.807, 2.05) is 0 Å². The first kappa shape index (κ1) is 17.7. The fraction of sp³-hybridized carbons (Fsp3) is 0.167. The molecule has 0 amide bonds. The summed E-state index contributed by atoms with van der Waals surface area (Å²) in [4.78, 5) is 11.5. The molecular formula is C12H14BrFN2O2S. The van der Waals surface area contributed by atoms with E-state index in [0.29, 0.717) is 11.1 Å². The van der Waals surface area contributed by atoms with Crippen molar-refractivity contribution in [2.24, 2.45) is 5.73 Å². The average molecular weight is 349 g/mol. The third-order valence-electron chi connectivity index (χ3n) is 2.04. The second kappa shape index (κ2) is 8.71. The number of methoxy groups -OCH3 is 1. The van der Waals surface area contributed by atoms with E-state index < -0.39 is 5.97 Å². The summed E-state index contributed by atoms with van der Waals surface area (Å²) in [6.07, 6.45) is 1.58. The summed E-state index contributed by atoms with van der Waals surface area (Å²) >= 11 is 1.02. The van der Waals surface area contributed by atoms with Gasteiger partial charge in [-0.3, -0.25) is 5.41 Å². The quantitative estimate of drug-likeness (QED) is 0.379. The van der Waals surface area contributed by atoms with Crippen molar-refractivity contribution < 1.29 is 13.9 Å². The third kappa shape index (κ3) is 6.40. The molecule has 7 heteroatoms. The molecule has 0 aliphatic carbocycles. The molecule has 0 saturated carbocycles. The van der Waals surface area contributed by atoms with Gasteiger partial charge in [-0.1, -0.05) is 23.9 Å². The molecule has 19 heavy (non-hydrogen) atoms. The number of ether oxygens (including phenoxy) is 1. The fourth-order valence-electron chi connectivity index (χ4n) is 1.21. The number of carbonyl (C=O) groups is 1. The number of esters is 1. The zero-order chi connectivity index (χ0) is 13.5. The fourth-order valence-corrected chi connectivity index (χ4v) is 1.72. The highest BCUT2D eigenvalue weighted by atomic mass is 79.9. The topological polar surface area (TPSA) is 76.2 Å². The molecule has 3 N–H and O–H groups in total. The van der Waals surface area contributed by atoms with Crippen molar-refractivity contribution in [3.05, 3.63) is 41.2 Å². The van der Waals surface area contributed by atoms with E-state index in [-0.39, 0.29) is 33.7 Å². The molecule has 1 aromatic rings. The minimum absolute atomic E-state index is 0. The largest absolute Gasteiger partial charge is 0.466 e. The lowest BCUT2D eigenvalue weighted by Crippen LogP contribution is -2.11. The highest BCUT2D eigenvalue weighted by Crippen LogP contribution is 2.14. The molecule has 0 spiro atoms. The first-order valence-electron chi connectivity index (χ1n) is 5.04. The maximum Gasteiger partial charge on any atom is 0.334 e. The lowest BCUT2D eigenvalue weighted by molar-refractivity contribution is -0.135. The molecule has 0 unspecified atom stereocenters. The van der Waals surface area contributed by atoms with Crippen LogP contribution in [0.3, 0.4) is 0 Å². The van der Waals surface area contributed by atoms with Crippen molar-refractivity contribution in [1.82, 2.24) is 0 Å². The predicted octanol–water partition coefficient (Wildman–Crippen LogP) is 2.59. The Labute approximate surface area is 125 Å². The molecule has 0 radical (unpaired) electrons. The van der Waals surface area contributed by atoms with E-state index in [4.69, 9.17) is 11.1 Å². The standard InChI is InChI=1S/C12H13FN2O2S.BrH/c1-17-11(16)9(7-18-12(14)15)6-8-2-4-10(13)5-3-8;/h2-6H,7H2,1H3,(H3,14,15);1H/b9-6+;. The molecule has 0 atom stereocenters. The van der Waals surface area contributed by atoms with Crippen molar-refractivity contribution in [3.8, 4) is 0 Å². The molecule has 0 heterocycles. The summed E-state index contributed by atoms with van der Waals surface area (Å²) in [5.74, 6) is -0.600. The number of amidine groups is 1. The highest BCUT2D eigenvalue weighted by molar-refractivity contribution is 8.93. The van der Waals surface area contributed by atoms with Gasteiger partial charge in [0.1, 0.15) is 5.82 Å². The highest BCUT2D eigenvalue weighted by Gasteiger charge is 2.10. The number of thioether (sulfide) groups is 1. The SMILES string of the molecule is Br.COC(=O)/C(=C/c1ccc(F)cc1)CSC(=N)N. The van der Waals surface area contributed by atoms with Crippen LogP contribution in [0.5, 0.6) is 0 Å². The summed E-state index contributed by atoms with van der Waals surface area (Å²) in [6.45, 7) is 0. The van der Waals surface area contributed by atoms with Crippen molar-refractivity contribution in [2.45, 2.75) is 0 Å². The number of rotatable bonds is 4. The van der Waals surface area contributed by atoms with Gasteiger partial charge in [-0.2, -0.15) is 0 Å². The number of nitrogens with two attached hydrogens (primary N) is 1. The number of hydrogen-bond acceptors (Lipinski definition) is 4. The number of carbonyl (C=O) groups excluding carboxylic acids is 1. The van der Waals surface area contributed by atoms with Gasteiger partial charge in [0.2, 0.25) is 0 Å². The Morgan fingerprint density at radius 3 is 2.53 bits per heavy atom. The molecule has 1 rings (SSSR count).